The molecule has 0 fully saturated rings. The van der Waals surface area contributed by atoms with Crippen LogP contribution in [0, 0.1) is 0 Å². The van der Waals surface area contributed by atoms with Crippen molar-refractivity contribution in [3.05, 3.63) is 12.2 Å². The zero-order chi connectivity index (χ0) is 22.7. The topological polar surface area (TPSA) is 126 Å². The van der Waals surface area contributed by atoms with Gasteiger partial charge in [-0.3, -0.25) is 4.79 Å². The molecule has 0 bridgehead atoms. The van der Waals surface area contributed by atoms with Gasteiger partial charge in [-0.2, -0.15) is 0 Å². The van der Waals surface area contributed by atoms with E-state index in [2.05, 4.69) is 24.4 Å². The minimum Gasteiger partial charge on any atom is -0.747 e. The van der Waals surface area contributed by atoms with E-state index in [1.807, 2.05) is 0 Å². The second-order valence-electron chi connectivity index (χ2n) is 7.79. The van der Waals surface area contributed by atoms with Crippen LogP contribution in [0.4, 0.5) is 0 Å². The minimum atomic E-state index is -5.02. The van der Waals surface area contributed by atoms with Crippen molar-refractivity contribution in [3.63, 3.8) is 0 Å². The summed E-state index contributed by atoms with van der Waals surface area (Å²) in [6.45, 7) is 2.45. The maximum atomic E-state index is 11.7. The summed E-state index contributed by atoms with van der Waals surface area (Å²) >= 11 is 0. The second-order valence-corrected chi connectivity index (χ2v) is 9.34. The van der Waals surface area contributed by atoms with Crippen LogP contribution in [0.5, 0.6) is 0 Å². The van der Waals surface area contributed by atoms with Gasteiger partial charge in [-0.1, -0.05) is 76.9 Å². The Morgan fingerprint density at radius 3 is 1.69 bits per heavy atom. The molecule has 0 heterocycles. The summed E-state index contributed by atoms with van der Waals surface area (Å²) < 4.78 is 32.9. The first-order valence-corrected chi connectivity index (χ1v) is 12.8. The van der Waals surface area contributed by atoms with E-state index in [1.165, 1.54) is 44.9 Å². The van der Waals surface area contributed by atoms with Crippen molar-refractivity contribution in [2.24, 2.45) is 0 Å². The fourth-order valence-corrected chi connectivity index (χ4v) is 3.86. The first-order chi connectivity index (χ1) is 14.3. The zero-order valence-corrected chi connectivity index (χ0v) is 25.2. The third-order valence-electron chi connectivity index (χ3n) is 4.98. The van der Waals surface area contributed by atoms with Gasteiger partial charge in [0.1, 0.15) is 15.4 Å². The van der Waals surface area contributed by atoms with Crippen LogP contribution in [-0.2, 0) is 19.7 Å². The van der Waals surface area contributed by atoms with E-state index in [9.17, 15) is 27.7 Å². The third-order valence-corrected chi connectivity index (χ3v) is 6.06. The normalized spacial score (nSPS) is 12.1. The summed E-state index contributed by atoms with van der Waals surface area (Å²) in [4.78, 5) is 22.2. The number of carboxylic acids is 1. The predicted molar refractivity (Wildman–Crippen MR) is 116 cm³/mol. The number of hydrogen-bond acceptors (Lipinski definition) is 6. The van der Waals surface area contributed by atoms with Gasteiger partial charge in [-0.05, 0) is 32.1 Å². The van der Waals surface area contributed by atoms with E-state index >= 15 is 0 Å². The molecule has 0 aromatic carbocycles. The number of aliphatic carboxylic acids is 1. The molecule has 0 spiro atoms. The Labute approximate surface area is 239 Å². The van der Waals surface area contributed by atoms with E-state index in [4.69, 9.17) is 0 Å². The fraction of sp³-hybridized carbons (Fsp3) is 0.818. The number of allylic oxidation sites excluding steroid dienone is 2. The molecule has 0 aromatic heterocycles. The molecule has 32 heavy (non-hydrogen) atoms. The molecule has 7 nitrogen and oxygen atoms in total. The Hall–Kier alpha value is 0.590. The molecule has 0 saturated heterocycles. The quantitative estimate of drug-likeness (QED) is 0.0849. The average Bonchev–Trinajstić information content (AvgIpc) is 2.67. The van der Waals surface area contributed by atoms with E-state index < -0.39 is 33.7 Å². The SMILES string of the molecule is CCCCCCCCC=CCCCCCCCCNC(=O)C(CC(=O)[O-])S(=O)(=O)[O-].[Na+].[Na+]. The van der Waals surface area contributed by atoms with E-state index in [-0.39, 0.29) is 65.7 Å². The molecular formula is C22H39NNa2O6S. The first kappa shape index (κ1) is 37.1. The number of unbranched alkanes of at least 4 members (excludes halogenated alkanes) is 12. The Morgan fingerprint density at radius 2 is 1.25 bits per heavy atom. The first-order valence-electron chi connectivity index (χ1n) is 11.4. The summed E-state index contributed by atoms with van der Waals surface area (Å²) in [5, 5.41) is 10.7. The van der Waals surface area contributed by atoms with Crippen molar-refractivity contribution >= 4 is 22.0 Å². The van der Waals surface area contributed by atoms with Gasteiger partial charge >= 0.3 is 59.1 Å². The van der Waals surface area contributed by atoms with Crippen LogP contribution in [0.2, 0.25) is 0 Å². The van der Waals surface area contributed by atoms with Gasteiger partial charge in [-0.15, -0.1) is 0 Å². The van der Waals surface area contributed by atoms with Crippen LogP contribution in [0.3, 0.4) is 0 Å². The van der Waals surface area contributed by atoms with Gasteiger partial charge in [0, 0.05) is 18.9 Å². The molecule has 0 aromatic rings. The molecule has 10 heteroatoms. The fourth-order valence-electron chi connectivity index (χ4n) is 3.18. The number of carboxylic acid groups (broad SMARTS) is 1. The monoisotopic (exact) mass is 491 g/mol. The van der Waals surface area contributed by atoms with Crippen molar-refractivity contribution in [1.29, 1.82) is 0 Å². The molecule has 0 saturated carbocycles. The minimum absolute atomic E-state index is 0. The van der Waals surface area contributed by atoms with E-state index in [0.717, 1.165) is 38.5 Å². The molecule has 0 rings (SSSR count). The Morgan fingerprint density at radius 1 is 0.812 bits per heavy atom. The summed E-state index contributed by atoms with van der Waals surface area (Å²) in [6, 6.07) is 0. The van der Waals surface area contributed by atoms with Crippen LogP contribution in [0.15, 0.2) is 12.2 Å². The third kappa shape index (κ3) is 23.7. The zero-order valence-electron chi connectivity index (χ0n) is 20.4. The summed E-state index contributed by atoms with van der Waals surface area (Å²) in [7, 11) is -5.02. The van der Waals surface area contributed by atoms with Crippen LogP contribution in [0.25, 0.3) is 0 Å². The van der Waals surface area contributed by atoms with Gasteiger partial charge in [0.05, 0.1) is 0 Å². The summed E-state index contributed by atoms with van der Waals surface area (Å²) in [5.74, 6) is -2.81. The van der Waals surface area contributed by atoms with E-state index in [1.54, 1.807) is 0 Å². The van der Waals surface area contributed by atoms with Gasteiger partial charge < -0.3 is 19.8 Å². The number of amides is 1. The summed E-state index contributed by atoms with van der Waals surface area (Å²) in [6.07, 6.45) is 19.6. The number of rotatable bonds is 20. The smallest absolute Gasteiger partial charge is 0.747 e. The number of carbonyl (C=O) groups is 2. The molecule has 1 unspecified atom stereocenters. The molecule has 0 radical (unpaired) electrons. The average molecular weight is 492 g/mol. The molecule has 1 atom stereocenters. The van der Waals surface area contributed by atoms with Crippen LogP contribution in [-0.4, -0.2) is 36.6 Å². The number of hydrogen-bond donors (Lipinski definition) is 1. The molecule has 0 aliphatic rings. The number of nitrogens with one attached hydrogen (secondary N) is 1. The second kappa shape index (κ2) is 24.7. The van der Waals surface area contributed by atoms with Gasteiger partial charge in [-0.25, -0.2) is 8.42 Å². The molecule has 176 valence electrons. The van der Waals surface area contributed by atoms with Gasteiger partial charge in [0.25, 0.3) is 0 Å². The van der Waals surface area contributed by atoms with Crippen LogP contribution < -0.4 is 69.5 Å². The standard InChI is InChI=1S/C22H41NO6S.2Na/c1-2-3-4-5-6-7-8-9-10-11-12-13-14-15-16-17-18-23-22(26)20(19-21(24)25)30(27,28)29;;/h9-10,20H,2-8,11-19H2,1H3,(H,23,26)(H,24,25)(H,27,28,29);;/q;2*+1/p-2. The van der Waals surface area contributed by atoms with Crippen molar-refractivity contribution < 1.29 is 86.8 Å². The summed E-state index contributed by atoms with van der Waals surface area (Å²) in [5.41, 5.74) is 0. The predicted octanol–water partition coefficient (Wildman–Crippen LogP) is -2.80. The van der Waals surface area contributed by atoms with Crippen molar-refractivity contribution in [2.75, 3.05) is 6.54 Å². The molecular weight excluding hydrogens is 452 g/mol. The van der Waals surface area contributed by atoms with Crippen molar-refractivity contribution in [1.82, 2.24) is 5.32 Å². The molecule has 1 amide bonds. The van der Waals surface area contributed by atoms with Crippen molar-refractivity contribution in [3.8, 4) is 0 Å². The molecule has 0 aliphatic heterocycles. The Balaban J connectivity index is -0.00000420. The Bertz CT molecular complexity index is 599. The van der Waals surface area contributed by atoms with Gasteiger partial charge in [0.2, 0.25) is 5.91 Å². The van der Waals surface area contributed by atoms with Crippen molar-refractivity contribution in [2.45, 2.75) is 108 Å². The maximum Gasteiger partial charge on any atom is 1.00 e. The maximum absolute atomic E-state index is 11.7. The van der Waals surface area contributed by atoms with Crippen LogP contribution in [0.1, 0.15) is 103 Å². The van der Waals surface area contributed by atoms with Crippen LogP contribution >= 0.6 is 0 Å². The molecule has 0 aliphatic carbocycles. The Kier molecular flexibility index (Phi) is 28.7. The van der Waals surface area contributed by atoms with E-state index in [0.29, 0.717) is 6.42 Å². The molecule has 1 N–H and O–H groups in total. The van der Waals surface area contributed by atoms with Gasteiger partial charge in [0.15, 0.2) is 0 Å². The number of carbonyl (C=O) groups excluding carboxylic acids is 2. The largest absolute Gasteiger partial charge is 1.00 e.